The van der Waals surface area contributed by atoms with Crippen LogP contribution >= 0.6 is 11.8 Å². The van der Waals surface area contributed by atoms with Crippen LogP contribution in [0.4, 0.5) is 0 Å². The van der Waals surface area contributed by atoms with Crippen LogP contribution in [0.1, 0.15) is 38.3 Å². The lowest BCUT2D eigenvalue weighted by atomic mass is 10.2. The van der Waals surface area contributed by atoms with E-state index in [2.05, 4.69) is 39.3 Å². The number of nitrogens with zero attached hydrogens (tertiary/aromatic N) is 1. The molecule has 1 aromatic heterocycles. The van der Waals surface area contributed by atoms with Gasteiger partial charge >= 0.3 is 0 Å². The van der Waals surface area contributed by atoms with Gasteiger partial charge in [0.1, 0.15) is 0 Å². The SMILES string of the molecule is C=C(S/C(C)=C(\C)CC)c1cnccc1C. The summed E-state index contributed by atoms with van der Waals surface area (Å²) >= 11 is 1.74. The van der Waals surface area contributed by atoms with Crippen LogP contribution in [-0.2, 0) is 0 Å². The Labute approximate surface area is 103 Å². The zero-order chi connectivity index (χ0) is 12.1. The van der Waals surface area contributed by atoms with E-state index in [0.717, 1.165) is 16.9 Å². The molecule has 0 aliphatic rings. The molecule has 1 rings (SSSR count). The average molecular weight is 233 g/mol. The van der Waals surface area contributed by atoms with Crippen molar-refractivity contribution in [1.29, 1.82) is 0 Å². The first-order chi connectivity index (χ1) is 7.56. The third-order valence-corrected chi connectivity index (χ3v) is 3.87. The standard InChI is InChI=1S/C14H19NS/c1-6-10(2)12(4)16-13(5)14-9-15-8-7-11(14)3/h7-9H,5-6H2,1-4H3/b12-10+. The Kier molecular flexibility index (Phi) is 4.81. The van der Waals surface area contributed by atoms with Crippen molar-refractivity contribution in [2.75, 3.05) is 0 Å². The van der Waals surface area contributed by atoms with Gasteiger partial charge in [-0.15, -0.1) is 0 Å². The minimum atomic E-state index is 1.08. The third kappa shape index (κ3) is 3.24. The first-order valence-corrected chi connectivity index (χ1v) is 6.32. The van der Waals surface area contributed by atoms with Gasteiger partial charge in [0.15, 0.2) is 0 Å². The van der Waals surface area contributed by atoms with E-state index in [4.69, 9.17) is 0 Å². The maximum atomic E-state index is 4.15. The van der Waals surface area contributed by atoms with Gasteiger partial charge in [-0.2, -0.15) is 0 Å². The van der Waals surface area contributed by atoms with Crippen molar-refractivity contribution >= 4 is 16.7 Å². The minimum Gasteiger partial charge on any atom is -0.264 e. The average Bonchev–Trinajstić information content (AvgIpc) is 2.28. The molecule has 1 aromatic rings. The van der Waals surface area contributed by atoms with E-state index in [1.165, 1.54) is 16.0 Å². The number of allylic oxidation sites excluding steroid dienone is 2. The van der Waals surface area contributed by atoms with Crippen LogP contribution in [-0.4, -0.2) is 4.98 Å². The second-order valence-electron chi connectivity index (χ2n) is 3.91. The summed E-state index contributed by atoms with van der Waals surface area (Å²) in [6.45, 7) is 12.7. The van der Waals surface area contributed by atoms with E-state index in [9.17, 15) is 0 Å². The Balaban J connectivity index is 2.86. The van der Waals surface area contributed by atoms with Gasteiger partial charge in [0.05, 0.1) is 0 Å². The Morgan fingerprint density at radius 3 is 2.69 bits per heavy atom. The van der Waals surface area contributed by atoms with Crippen LogP contribution < -0.4 is 0 Å². The summed E-state index contributed by atoms with van der Waals surface area (Å²) in [6.07, 6.45) is 4.80. The molecule has 1 nitrogen and oxygen atoms in total. The van der Waals surface area contributed by atoms with Crippen LogP contribution in [0.15, 0.2) is 35.5 Å². The molecule has 0 N–H and O–H groups in total. The van der Waals surface area contributed by atoms with Crippen LogP contribution in [0.5, 0.6) is 0 Å². The van der Waals surface area contributed by atoms with Gasteiger partial charge in [-0.05, 0) is 43.7 Å². The highest BCUT2D eigenvalue weighted by atomic mass is 32.2. The summed E-state index contributed by atoms with van der Waals surface area (Å²) in [5, 5.41) is 0. The fraction of sp³-hybridized carbons (Fsp3) is 0.357. The molecule has 0 saturated heterocycles. The topological polar surface area (TPSA) is 12.9 Å². The number of thioether (sulfide) groups is 1. The predicted molar refractivity (Wildman–Crippen MR) is 74.3 cm³/mol. The summed E-state index contributed by atoms with van der Waals surface area (Å²) in [5.74, 6) is 0. The molecule has 86 valence electrons. The monoisotopic (exact) mass is 233 g/mol. The lowest BCUT2D eigenvalue weighted by Gasteiger charge is -2.10. The molecule has 0 aliphatic carbocycles. The van der Waals surface area contributed by atoms with Gasteiger partial charge in [0, 0.05) is 22.9 Å². The number of hydrogen-bond donors (Lipinski definition) is 0. The second kappa shape index (κ2) is 5.90. The Morgan fingerprint density at radius 1 is 1.44 bits per heavy atom. The largest absolute Gasteiger partial charge is 0.264 e. The van der Waals surface area contributed by atoms with Crippen molar-refractivity contribution in [3.63, 3.8) is 0 Å². The van der Waals surface area contributed by atoms with Gasteiger partial charge in [-0.1, -0.05) is 30.8 Å². The predicted octanol–water partition coefficient (Wildman–Crippen LogP) is 4.80. The van der Waals surface area contributed by atoms with Crippen molar-refractivity contribution in [3.05, 3.63) is 46.6 Å². The third-order valence-electron chi connectivity index (χ3n) is 2.75. The zero-order valence-corrected chi connectivity index (χ0v) is 11.3. The number of pyridine rings is 1. The van der Waals surface area contributed by atoms with Gasteiger partial charge in [-0.25, -0.2) is 0 Å². The summed E-state index contributed by atoms with van der Waals surface area (Å²) in [5.41, 5.74) is 3.80. The van der Waals surface area contributed by atoms with E-state index in [-0.39, 0.29) is 0 Å². The highest BCUT2D eigenvalue weighted by Crippen LogP contribution is 2.34. The maximum absolute atomic E-state index is 4.15. The number of aromatic nitrogens is 1. The molecular formula is C14H19NS. The van der Waals surface area contributed by atoms with Gasteiger partial charge in [-0.3, -0.25) is 4.98 Å². The van der Waals surface area contributed by atoms with E-state index in [1.54, 1.807) is 11.8 Å². The van der Waals surface area contributed by atoms with E-state index >= 15 is 0 Å². The van der Waals surface area contributed by atoms with Crippen LogP contribution in [0.25, 0.3) is 4.91 Å². The van der Waals surface area contributed by atoms with Crippen LogP contribution in [0, 0.1) is 6.92 Å². The van der Waals surface area contributed by atoms with Crippen LogP contribution in [0.2, 0.25) is 0 Å². The molecule has 0 amide bonds. The normalized spacial score (nSPS) is 12.2. The van der Waals surface area contributed by atoms with E-state index < -0.39 is 0 Å². The molecule has 0 atom stereocenters. The van der Waals surface area contributed by atoms with Crippen molar-refractivity contribution in [1.82, 2.24) is 4.98 Å². The Morgan fingerprint density at radius 2 is 2.12 bits per heavy atom. The molecule has 1 heterocycles. The zero-order valence-electron chi connectivity index (χ0n) is 10.5. The molecule has 0 spiro atoms. The quantitative estimate of drug-likeness (QED) is 0.741. The van der Waals surface area contributed by atoms with Crippen molar-refractivity contribution < 1.29 is 0 Å². The lowest BCUT2D eigenvalue weighted by Crippen LogP contribution is -1.87. The maximum Gasteiger partial charge on any atom is 0.0354 e. The molecule has 0 aliphatic heterocycles. The highest BCUT2D eigenvalue weighted by molar-refractivity contribution is 8.11. The smallest absolute Gasteiger partial charge is 0.0354 e. The fourth-order valence-corrected chi connectivity index (χ4v) is 2.34. The molecule has 0 fully saturated rings. The highest BCUT2D eigenvalue weighted by Gasteiger charge is 2.05. The summed E-state index contributed by atoms with van der Waals surface area (Å²) in [4.78, 5) is 6.57. The molecule has 0 radical (unpaired) electrons. The molecule has 16 heavy (non-hydrogen) atoms. The van der Waals surface area contributed by atoms with E-state index in [1.807, 2.05) is 18.5 Å². The van der Waals surface area contributed by atoms with Gasteiger partial charge in [0.25, 0.3) is 0 Å². The molecular weight excluding hydrogens is 214 g/mol. The number of rotatable bonds is 4. The van der Waals surface area contributed by atoms with Crippen LogP contribution in [0.3, 0.4) is 0 Å². The summed E-state index contributed by atoms with van der Waals surface area (Å²) in [7, 11) is 0. The lowest BCUT2D eigenvalue weighted by molar-refractivity contribution is 1.09. The number of aryl methyl sites for hydroxylation is 1. The molecule has 0 saturated carbocycles. The molecule has 2 heteroatoms. The first-order valence-electron chi connectivity index (χ1n) is 5.50. The Hall–Kier alpha value is -1.02. The summed E-state index contributed by atoms with van der Waals surface area (Å²) in [6, 6.07) is 2.02. The van der Waals surface area contributed by atoms with Gasteiger partial charge in [0.2, 0.25) is 0 Å². The molecule has 0 bridgehead atoms. The van der Waals surface area contributed by atoms with E-state index in [0.29, 0.717) is 0 Å². The van der Waals surface area contributed by atoms with Crippen molar-refractivity contribution in [2.24, 2.45) is 0 Å². The molecule has 0 aromatic carbocycles. The first kappa shape index (κ1) is 13.0. The fourth-order valence-electron chi connectivity index (χ4n) is 1.33. The van der Waals surface area contributed by atoms with Crippen molar-refractivity contribution in [2.45, 2.75) is 34.1 Å². The van der Waals surface area contributed by atoms with Gasteiger partial charge < -0.3 is 0 Å². The Bertz CT molecular complexity index is 418. The minimum absolute atomic E-state index is 1.08. The summed E-state index contributed by atoms with van der Waals surface area (Å²) < 4.78 is 0. The second-order valence-corrected chi connectivity index (χ2v) is 5.22. The molecule has 0 unspecified atom stereocenters. The van der Waals surface area contributed by atoms with Crippen molar-refractivity contribution in [3.8, 4) is 0 Å². The number of hydrogen-bond acceptors (Lipinski definition) is 2.